The standard InChI is InChI=1S/C11H15Cl2NO/c1-8-6-10(13)11(7-9(8)12)14-4-3-5-15-2/h6-7,14H,3-5H2,1-2H3. The zero-order chi connectivity index (χ0) is 11.3. The first kappa shape index (κ1) is 12.6. The molecule has 84 valence electrons. The van der Waals surface area contributed by atoms with Gasteiger partial charge in [0, 0.05) is 25.3 Å². The zero-order valence-electron chi connectivity index (χ0n) is 8.94. The van der Waals surface area contributed by atoms with E-state index >= 15 is 0 Å². The van der Waals surface area contributed by atoms with Gasteiger partial charge < -0.3 is 10.1 Å². The molecule has 0 bridgehead atoms. The average molecular weight is 248 g/mol. The van der Waals surface area contributed by atoms with Crippen LogP contribution in [-0.2, 0) is 4.74 Å². The molecule has 0 unspecified atom stereocenters. The van der Waals surface area contributed by atoms with E-state index in [1.54, 1.807) is 7.11 Å². The molecule has 1 N–H and O–H groups in total. The highest BCUT2D eigenvalue weighted by Crippen LogP contribution is 2.28. The van der Waals surface area contributed by atoms with Crippen LogP contribution in [0.1, 0.15) is 12.0 Å². The normalized spacial score (nSPS) is 10.4. The summed E-state index contributed by atoms with van der Waals surface area (Å²) in [6.45, 7) is 3.50. The molecule has 0 aliphatic heterocycles. The number of hydrogen-bond acceptors (Lipinski definition) is 2. The molecule has 4 heteroatoms. The Bertz CT molecular complexity index is 329. The summed E-state index contributed by atoms with van der Waals surface area (Å²) >= 11 is 12.1. The molecule has 1 rings (SSSR count). The van der Waals surface area contributed by atoms with E-state index in [1.165, 1.54) is 0 Å². The van der Waals surface area contributed by atoms with Crippen molar-refractivity contribution in [3.8, 4) is 0 Å². The van der Waals surface area contributed by atoms with Crippen LogP contribution in [0.5, 0.6) is 0 Å². The second kappa shape index (κ2) is 6.21. The predicted molar refractivity (Wildman–Crippen MR) is 66.2 cm³/mol. The van der Waals surface area contributed by atoms with Gasteiger partial charge in [0.15, 0.2) is 0 Å². The summed E-state index contributed by atoms with van der Waals surface area (Å²) in [6.07, 6.45) is 0.943. The fourth-order valence-corrected chi connectivity index (χ4v) is 1.67. The van der Waals surface area contributed by atoms with Crippen molar-refractivity contribution >= 4 is 28.9 Å². The molecule has 0 saturated heterocycles. The van der Waals surface area contributed by atoms with Crippen molar-refractivity contribution in [2.24, 2.45) is 0 Å². The average Bonchev–Trinajstić information content (AvgIpc) is 2.20. The third-order valence-electron chi connectivity index (χ3n) is 2.09. The molecule has 0 aliphatic rings. The monoisotopic (exact) mass is 247 g/mol. The quantitative estimate of drug-likeness (QED) is 0.801. The molecule has 1 aromatic rings. The third kappa shape index (κ3) is 3.90. The lowest BCUT2D eigenvalue weighted by molar-refractivity contribution is 0.198. The smallest absolute Gasteiger partial charge is 0.0641 e. The molecule has 0 aliphatic carbocycles. The number of benzene rings is 1. The fourth-order valence-electron chi connectivity index (χ4n) is 1.22. The Labute approximate surface area is 101 Å². The minimum absolute atomic E-state index is 0.703. The number of nitrogens with one attached hydrogen (secondary N) is 1. The SMILES string of the molecule is COCCCNc1cc(Cl)c(C)cc1Cl. The van der Waals surface area contributed by atoms with Crippen molar-refractivity contribution in [1.29, 1.82) is 0 Å². The van der Waals surface area contributed by atoms with Gasteiger partial charge in [-0.05, 0) is 31.0 Å². The maximum absolute atomic E-state index is 6.06. The van der Waals surface area contributed by atoms with E-state index < -0.39 is 0 Å². The summed E-state index contributed by atoms with van der Waals surface area (Å²) in [5.41, 5.74) is 1.87. The Morgan fingerprint density at radius 2 is 2.00 bits per heavy atom. The summed E-state index contributed by atoms with van der Waals surface area (Å²) in [7, 11) is 1.69. The number of aryl methyl sites for hydroxylation is 1. The Morgan fingerprint density at radius 3 is 2.67 bits per heavy atom. The van der Waals surface area contributed by atoms with Crippen molar-refractivity contribution in [3.05, 3.63) is 27.7 Å². The van der Waals surface area contributed by atoms with Crippen LogP contribution in [0.4, 0.5) is 5.69 Å². The molecule has 0 fully saturated rings. The number of methoxy groups -OCH3 is 1. The van der Waals surface area contributed by atoms with Gasteiger partial charge in [0.05, 0.1) is 10.7 Å². The number of ether oxygens (including phenoxy) is 1. The lowest BCUT2D eigenvalue weighted by Crippen LogP contribution is -2.05. The zero-order valence-corrected chi connectivity index (χ0v) is 10.5. The van der Waals surface area contributed by atoms with E-state index in [1.807, 2.05) is 19.1 Å². The van der Waals surface area contributed by atoms with Crippen molar-refractivity contribution in [2.75, 3.05) is 25.6 Å². The van der Waals surface area contributed by atoms with Crippen LogP contribution in [0.15, 0.2) is 12.1 Å². The van der Waals surface area contributed by atoms with Crippen molar-refractivity contribution in [1.82, 2.24) is 0 Å². The molecule has 0 aromatic heterocycles. The molecule has 0 saturated carbocycles. The predicted octanol–water partition coefficient (Wildman–Crippen LogP) is 3.75. The maximum atomic E-state index is 6.06. The molecular formula is C11H15Cl2NO. The fraction of sp³-hybridized carbons (Fsp3) is 0.455. The van der Waals surface area contributed by atoms with Crippen LogP contribution >= 0.6 is 23.2 Å². The van der Waals surface area contributed by atoms with Crippen molar-refractivity contribution in [3.63, 3.8) is 0 Å². The highest BCUT2D eigenvalue weighted by atomic mass is 35.5. The van der Waals surface area contributed by atoms with Crippen LogP contribution < -0.4 is 5.32 Å². The first-order valence-electron chi connectivity index (χ1n) is 4.83. The van der Waals surface area contributed by atoms with Gasteiger partial charge in [0.2, 0.25) is 0 Å². The Kier molecular flexibility index (Phi) is 5.23. The second-order valence-electron chi connectivity index (χ2n) is 3.35. The third-order valence-corrected chi connectivity index (χ3v) is 2.81. The summed E-state index contributed by atoms with van der Waals surface area (Å²) < 4.78 is 4.95. The minimum atomic E-state index is 0.703. The second-order valence-corrected chi connectivity index (χ2v) is 4.17. The van der Waals surface area contributed by atoms with Gasteiger partial charge in [-0.25, -0.2) is 0 Å². The van der Waals surface area contributed by atoms with E-state index in [4.69, 9.17) is 27.9 Å². The van der Waals surface area contributed by atoms with Crippen LogP contribution in [0, 0.1) is 6.92 Å². The molecule has 0 heterocycles. The lowest BCUT2D eigenvalue weighted by Gasteiger charge is -2.09. The minimum Gasteiger partial charge on any atom is -0.385 e. The van der Waals surface area contributed by atoms with Gasteiger partial charge in [-0.1, -0.05) is 23.2 Å². The van der Waals surface area contributed by atoms with E-state index in [9.17, 15) is 0 Å². The van der Waals surface area contributed by atoms with Gasteiger partial charge >= 0.3 is 0 Å². The Balaban J connectivity index is 2.57. The molecule has 0 atom stereocenters. The number of anilines is 1. The highest BCUT2D eigenvalue weighted by Gasteiger charge is 2.03. The maximum Gasteiger partial charge on any atom is 0.0641 e. The summed E-state index contributed by atoms with van der Waals surface area (Å²) in [5, 5.41) is 4.65. The lowest BCUT2D eigenvalue weighted by atomic mass is 10.2. The molecule has 1 aromatic carbocycles. The van der Waals surface area contributed by atoms with Crippen LogP contribution in [0.2, 0.25) is 10.0 Å². The van der Waals surface area contributed by atoms with Gasteiger partial charge in [-0.3, -0.25) is 0 Å². The van der Waals surface area contributed by atoms with Gasteiger partial charge in [0.25, 0.3) is 0 Å². The number of halogens is 2. The number of rotatable bonds is 5. The first-order chi connectivity index (χ1) is 7.15. The summed E-state index contributed by atoms with van der Waals surface area (Å²) in [4.78, 5) is 0. The van der Waals surface area contributed by atoms with E-state index in [-0.39, 0.29) is 0 Å². The molecule has 2 nitrogen and oxygen atoms in total. The van der Waals surface area contributed by atoms with Crippen molar-refractivity contribution < 1.29 is 4.74 Å². The van der Waals surface area contributed by atoms with E-state index in [2.05, 4.69) is 5.32 Å². The summed E-state index contributed by atoms with van der Waals surface area (Å²) in [5.74, 6) is 0. The van der Waals surface area contributed by atoms with Crippen molar-refractivity contribution in [2.45, 2.75) is 13.3 Å². The number of hydrogen-bond donors (Lipinski definition) is 1. The molecule has 0 spiro atoms. The first-order valence-corrected chi connectivity index (χ1v) is 5.59. The molecule has 0 radical (unpaired) electrons. The van der Waals surface area contributed by atoms with Gasteiger partial charge in [0.1, 0.15) is 0 Å². The van der Waals surface area contributed by atoms with Crippen LogP contribution in [0.3, 0.4) is 0 Å². The van der Waals surface area contributed by atoms with E-state index in [0.29, 0.717) is 5.02 Å². The van der Waals surface area contributed by atoms with Gasteiger partial charge in [-0.2, -0.15) is 0 Å². The largest absolute Gasteiger partial charge is 0.385 e. The van der Waals surface area contributed by atoms with Crippen LogP contribution in [-0.4, -0.2) is 20.3 Å². The highest BCUT2D eigenvalue weighted by molar-refractivity contribution is 6.35. The Hall–Kier alpha value is -0.440. The topological polar surface area (TPSA) is 21.3 Å². The Morgan fingerprint density at radius 1 is 1.27 bits per heavy atom. The summed E-state index contributed by atoms with van der Waals surface area (Å²) in [6, 6.07) is 3.72. The van der Waals surface area contributed by atoms with Gasteiger partial charge in [-0.15, -0.1) is 0 Å². The molecule has 0 amide bonds. The molecular weight excluding hydrogens is 233 g/mol. The van der Waals surface area contributed by atoms with E-state index in [0.717, 1.165) is 35.8 Å². The van der Waals surface area contributed by atoms with Crippen LogP contribution in [0.25, 0.3) is 0 Å². The molecule has 15 heavy (non-hydrogen) atoms.